The Labute approximate surface area is 174 Å². The van der Waals surface area contributed by atoms with E-state index in [2.05, 4.69) is 41.4 Å². The molecule has 0 radical (unpaired) electrons. The molecule has 1 saturated heterocycles. The summed E-state index contributed by atoms with van der Waals surface area (Å²) in [4.78, 5) is 15.1. The van der Waals surface area contributed by atoms with Gasteiger partial charge in [-0.25, -0.2) is 0 Å². The van der Waals surface area contributed by atoms with E-state index in [1.165, 1.54) is 24.0 Å². The van der Waals surface area contributed by atoms with E-state index in [1.807, 2.05) is 24.3 Å². The van der Waals surface area contributed by atoms with E-state index in [1.54, 1.807) is 0 Å². The maximum Gasteiger partial charge on any atom is 0.227 e. The van der Waals surface area contributed by atoms with Crippen molar-refractivity contribution in [1.29, 1.82) is 0 Å². The standard InChI is InChI=1S/C25H32N2O2/c1-19-6-2-3-7-21(19)18-27-16-14-20(15-17-27)25(28)26-22-10-12-24(13-11-22)29-23-8-4-5-9-23/h2-3,6-7,10-13,20,23H,4-5,8-9,14-18H2,1H3,(H,26,28). The van der Waals surface area contributed by atoms with Gasteiger partial charge in [0.05, 0.1) is 6.10 Å². The zero-order valence-electron chi connectivity index (χ0n) is 17.4. The second kappa shape index (κ2) is 9.45. The van der Waals surface area contributed by atoms with Crippen LogP contribution in [0.15, 0.2) is 48.5 Å². The van der Waals surface area contributed by atoms with Crippen LogP contribution in [0.2, 0.25) is 0 Å². The highest BCUT2D eigenvalue weighted by Crippen LogP contribution is 2.26. The molecule has 2 aromatic rings. The Kier molecular flexibility index (Phi) is 6.50. The predicted molar refractivity (Wildman–Crippen MR) is 117 cm³/mol. The molecule has 0 bridgehead atoms. The molecule has 2 fully saturated rings. The van der Waals surface area contributed by atoms with Crippen LogP contribution in [0.4, 0.5) is 5.69 Å². The summed E-state index contributed by atoms with van der Waals surface area (Å²) in [6.07, 6.45) is 7.04. The molecule has 1 aliphatic heterocycles. The van der Waals surface area contributed by atoms with Crippen LogP contribution in [0.3, 0.4) is 0 Å². The summed E-state index contributed by atoms with van der Waals surface area (Å²) >= 11 is 0. The van der Waals surface area contributed by atoms with E-state index >= 15 is 0 Å². The molecule has 2 aromatic carbocycles. The monoisotopic (exact) mass is 392 g/mol. The zero-order valence-corrected chi connectivity index (χ0v) is 17.4. The van der Waals surface area contributed by atoms with Crippen molar-refractivity contribution in [2.24, 2.45) is 5.92 Å². The topological polar surface area (TPSA) is 41.6 Å². The molecule has 0 aromatic heterocycles. The van der Waals surface area contributed by atoms with Gasteiger partial charge in [-0.05, 0) is 93.9 Å². The molecule has 1 aliphatic carbocycles. The molecule has 0 atom stereocenters. The molecule has 0 spiro atoms. The molecule has 4 nitrogen and oxygen atoms in total. The van der Waals surface area contributed by atoms with Crippen molar-refractivity contribution in [2.75, 3.05) is 18.4 Å². The lowest BCUT2D eigenvalue weighted by Crippen LogP contribution is -2.37. The minimum absolute atomic E-state index is 0.0949. The van der Waals surface area contributed by atoms with Crippen molar-refractivity contribution in [1.82, 2.24) is 4.90 Å². The van der Waals surface area contributed by atoms with Crippen molar-refractivity contribution in [2.45, 2.75) is 58.1 Å². The van der Waals surface area contributed by atoms with Gasteiger partial charge in [0.2, 0.25) is 5.91 Å². The normalized spacial score (nSPS) is 18.7. The van der Waals surface area contributed by atoms with Crippen LogP contribution < -0.4 is 10.1 Å². The fraction of sp³-hybridized carbons (Fsp3) is 0.480. The van der Waals surface area contributed by atoms with Gasteiger partial charge in [0.25, 0.3) is 0 Å². The molecule has 1 heterocycles. The van der Waals surface area contributed by atoms with Crippen LogP contribution in [0.5, 0.6) is 5.75 Å². The van der Waals surface area contributed by atoms with E-state index in [4.69, 9.17) is 4.74 Å². The number of hydrogen-bond acceptors (Lipinski definition) is 3. The first kappa shape index (κ1) is 20.0. The van der Waals surface area contributed by atoms with Crippen LogP contribution in [-0.2, 0) is 11.3 Å². The third-order valence-electron chi connectivity index (χ3n) is 6.34. The molecule has 1 N–H and O–H groups in total. The molecule has 154 valence electrons. The third-order valence-corrected chi connectivity index (χ3v) is 6.34. The summed E-state index contributed by atoms with van der Waals surface area (Å²) < 4.78 is 6.00. The number of benzene rings is 2. The first-order valence-corrected chi connectivity index (χ1v) is 11.0. The highest BCUT2D eigenvalue weighted by Gasteiger charge is 2.25. The molecule has 1 amide bonds. The molecule has 4 heteroatoms. The Balaban J connectivity index is 1.24. The molecular weight excluding hydrogens is 360 g/mol. The molecule has 2 aliphatic rings. The van der Waals surface area contributed by atoms with Crippen LogP contribution in [0.1, 0.15) is 49.7 Å². The molecular formula is C25H32N2O2. The maximum atomic E-state index is 12.7. The van der Waals surface area contributed by atoms with E-state index in [0.29, 0.717) is 6.10 Å². The van der Waals surface area contributed by atoms with Gasteiger partial charge in [-0.1, -0.05) is 24.3 Å². The molecule has 4 rings (SSSR count). The number of rotatable bonds is 6. The van der Waals surface area contributed by atoms with Gasteiger partial charge in [0.15, 0.2) is 0 Å². The number of nitrogens with zero attached hydrogens (tertiary/aromatic N) is 1. The predicted octanol–water partition coefficient (Wildman–Crippen LogP) is 5.17. The first-order chi connectivity index (χ1) is 14.2. The SMILES string of the molecule is Cc1ccccc1CN1CCC(C(=O)Nc2ccc(OC3CCCC3)cc2)CC1. The van der Waals surface area contributed by atoms with E-state index in [9.17, 15) is 4.79 Å². The highest BCUT2D eigenvalue weighted by molar-refractivity contribution is 5.92. The average Bonchev–Trinajstić information content (AvgIpc) is 3.25. The summed E-state index contributed by atoms with van der Waals surface area (Å²) in [6.45, 7) is 5.09. The van der Waals surface area contributed by atoms with Gasteiger partial charge in [0.1, 0.15) is 5.75 Å². The summed E-state index contributed by atoms with van der Waals surface area (Å²) in [5.41, 5.74) is 3.58. The smallest absolute Gasteiger partial charge is 0.227 e. The van der Waals surface area contributed by atoms with Crippen molar-refractivity contribution in [3.63, 3.8) is 0 Å². The Bertz CT molecular complexity index is 804. The van der Waals surface area contributed by atoms with E-state index < -0.39 is 0 Å². The van der Waals surface area contributed by atoms with Crippen molar-refractivity contribution in [3.8, 4) is 5.75 Å². The van der Waals surface area contributed by atoms with Crippen molar-refractivity contribution in [3.05, 3.63) is 59.7 Å². The maximum absolute atomic E-state index is 12.7. The lowest BCUT2D eigenvalue weighted by Gasteiger charge is -2.31. The fourth-order valence-corrected chi connectivity index (χ4v) is 4.44. The molecule has 1 saturated carbocycles. The quantitative estimate of drug-likeness (QED) is 0.738. The van der Waals surface area contributed by atoms with Crippen molar-refractivity contribution < 1.29 is 9.53 Å². The number of piperidine rings is 1. The molecule has 0 unspecified atom stereocenters. The summed E-state index contributed by atoms with van der Waals surface area (Å²) in [7, 11) is 0. The van der Waals surface area contributed by atoms with Crippen LogP contribution in [0.25, 0.3) is 0 Å². The van der Waals surface area contributed by atoms with Crippen LogP contribution in [-0.4, -0.2) is 30.0 Å². The lowest BCUT2D eigenvalue weighted by molar-refractivity contribution is -0.121. The number of nitrogens with one attached hydrogen (secondary N) is 1. The largest absolute Gasteiger partial charge is 0.490 e. The third kappa shape index (κ3) is 5.39. The number of likely N-dealkylation sites (tertiary alicyclic amines) is 1. The number of aryl methyl sites for hydroxylation is 1. The number of amides is 1. The zero-order chi connectivity index (χ0) is 20.1. The van der Waals surface area contributed by atoms with Gasteiger partial charge >= 0.3 is 0 Å². The van der Waals surface area contributed by atoms with Crippen LogP contribution >= 0.6 is 0 Å². The minimum Gasteiger partial charge on any atom is -0.490 e. The van der Waals surface area contributed by atoms with Gasteiger partial charge in [-0.3, -0.25) is 9.69 Å². The number of carbonyl (C=O) groups is 1. The van der Waals surface area contributed by atoms with Crippen molar-refractivity contribution >= 4 is 11.6 Å². The number of carbonyl (C=O) groups excluding carboxylic acids is 1. The van der Waals surface area contributed by atoms with Gasteiger partial charge in [0, 0.05) is 18.2 Å². The van der Waals surface area contributed by atoms with E-state index in [0.717, 1.165) is 56.8 Å². The van der Waals surface area contributed by atoms with E-state index in [-0.39, 0.29) is 11.8 Å². The average molecular weight is 393 g/mol. The van der Waals surface area contributed by atoms with Gasteiger partial charge < -0.3 is 10.1 Å². The second-order valence-corrected chi connectivity index (χ2v) is 8.51. The highest BCUT2D eigenvalue weighted by atomic mass is 16.5. The van der Waals surface area contributed by atoms with Crippen LogP contribution in [0, 0.1) is 12.8 Å². The fourth-order valence-electron chi connectivity index (χ4n) is 4.44. The Morgan fingerprint density at radius 3 is 2.38 bits per heavy atom. The number of hydrogen-bond donors (Lipinski definition) is 1. The first-order valence-electron chi connectivity index (χ1n) is 11.0. The Morgan fingerprint density at radius 1 is 1.00 bits per heavy atom. The Morgan fingerprint density at radius 2 is 1.69 bits per heavy atom. The Hall–Kier alpha value is -2.33. The number of ether oxygens (including phenoxy) is 1. The number of anilines is 1. The minimum atomic E-state index is 0.0949. The van der Waals surface area contributed by atoms with Gasteiger partial charge in [-0.2, -0.15) is 0 Å². The summed E-state index contributed by atoms with van der Waals surface area (Å²) in [6, 6.07) is 16.4. The molecule has 29 heavy (non-hydrogen) atoms. The second-order valence-electron chi connectivity index (χ2n) is 8.51. The summed E-state index contributed by atoms with van der Waals surface area (Å²) in [5, 5.41) is 3.09. The van der Waals surface area contributed by atoms with Gasteiger partial charge in [-0.15, -0.1) is 0 Å². The summed E-state index contributed by atoms with van der Waals surface area (Å²) in [5.74, 6) is 1.14. The lowest BCUT2D eigenvalue weighted by atomic mass is 9.95.